The van der Waals surface area contributed by atoms with Gasteiger partial charge in [0, 0.05) is 37.8 Å². The molecule has 21 heavy (non-hydrogen) atoms. The Bertz CT molecular complexity index is 529. The number of carbonyl (C=O) groups is 1. The predicted molar refractivity (Wildman–Crippen MR) is 80.2 cm³/mol. The summed E-state index contributed by atoms with van der Waals surface area (Å²) in [5.41, 5.74) is 0. The van der Waals surface area contributed by atoms with Crippen molar-refractivity contribution in [1.29, 1.82) is 0 Å². The Morgan fingerprint density at radius 2 is 2.14 bits per heavy atom. The summed E-state index contributed by atoms with van der Waals surface area (Å²) in [6.07, 6.45) is 7.35. The molecule has 1 atom stereocenters. The maximum atomic E-state index is 12.2. The van der Waals surface area contributed by atoms with Crippen LogP contribution in [0.3, 0.4) is 0 Å². The van der Waals surface area contributed by atoms with E-state index in [9.17, 15) is 4.79 Å². The summed E-state index contributed by atoms with van der Waals surface area (Å²) in [5, 5.41) is 0. The van der Waals surface area contributed by atoms with Gasteiger partial charge in [0.2, 0.25) is 5.82 Å². The van der Waals surface area contributed by atoms with Crippen LogP contribution in [0.5, 0.6) is 0 Å². The van der Waals surface area contributed by atoms with E-state index >= 15 is 0 Å². The predicted octanol–water partition coefficient (Wildman–Crippen LogP) is 1.60. The number of thioether (sulfide) groups is 1. The molecule has 1 amide bonds. The Morgan fingerprint density at radius 1 is 1.38 bits per heavy atom. The molecule has 1 saturated carbocycles. The van der Waals surface area contributed by atoms with Crippen LogP contribution in [0.15, 0.2) is 18.5 Å². The van der Waals surface area contributed by atoms with Crippen molar-refractivity contribution >= 4 is 17.7 Å². The second-order valence-electron chi connectivity index (χ2n) is 6.33. The van der Waals surface area contributed by atoms with Gasteiger partial charge in [-0.1, -0.05) is 0 Å². The van der Waals surface area contributed by atoms with Gasteiger partial charge in [-0.2, -0.15) is 0 Å². The molecule has 0 aromatic carbocycles. The number of nitrogens with zero attached hydrogens (tertiary/aromatic N) is 3. The highest BCUT2D eigenvalue weighted by molar-refractivity contribution is 8.01. The average Bonchev–Trinajstić information content (AvgIpc) is 3.22. The van der Waals surface area contributed by atoms with Gasteiger partial charge in [0.1, 0.15) is 0 Å². The summed E-state index contributed by atoms with van der Waals surface area (Å²) in [4.78, 5) is 22.2. The molecular formula is C15H19N3O2S. The molecule has 1 aliphatic carbocycles. The van der Waals surface area contributed by atoms with Gasteiger partial charge in [0.05, 0.1) is 10.9 Å². The van der Waals surface area contributed by atoms with Gasteiger partial charge in [-0.05, 0) is 31.2 Å². The molecule has 112 valence electrons. The molecule has 6 heteroatoms. The van der Waals surface area contributed by atoms with Gasteiger partial charge in [-0.15, -0.1) is 11.8 Å². The average molecular weight is 305 g/mol. The molecule has 1 aromatic heterocycles. The van der Waals surface area contributed by atoms with Gasteiger partial charge in [-0.3, -0.25) is 4.79 Å². The molecule has 1 spiro atoms. The second kappa shape index (κ2) is 5.25. The van der Waals surface area contributed by atoms with Gasteiger partial charge in [0.25, 0.3) is 5.91 Å². The van der Waals surface area contributed by atoms with E-state index in [2.05, 4.69) is 9.97 Å². The number of ether oxygens (including phenoxy) is 1. The van der Waals surface area contributed by atoms with E-state index in [1.54, 1.807) is 18.5 Å². The van der Waals surface area contributed by atoms with Crippen LogP contribution >= 0.6 is 11.8 Å². The number of aromatic nitrogens is 2. The molecule has 2 saturated heterocycles. The zero-order chi connectivity index (χ0) is 14.3. The zero-order valence-electron chi connectivity index (χ0n) is 11.9. The minimum Gasteiger partial charge on any atom is -0.377 e. The third-order valence-corrected chi connectivity index (χ3v) is 6.02. The first kappa shape index (κ1) is 13.5. The molecule has 3 fully saturated rings. The van der Waals surface area contributed by atoms with Crippen LogP contribution in [0.25, 0.3) is 0 Å². The molecule has 1 aromatic rings. The van der Waals surface area contributed by atoms with Crippen LogP contribution in [-0.2, 0) is 4.74 Å². The van der Waals surface area contributed by atoms with Crippen molar-refractivity contribution in [1.82, 2.24) is 14.9 Å². The van der Waals surface area contributed by atoms with Crippen molar-refractivity contribution < 1.29 is 9.53 Å². The summed E-state index contributed by atoms with van der Waals surface area (Å²) in [6, 6.07) is 1.73. The number of hydrogen-bond donors (Lipinski definition) is 0. The fraction of sp³-hybridized carbons (Fsp3) is 0.667. The third-order valence-electron chi connectivity index (χ3n) is 4.44. The highest BCUT2D eigenvalue weighted by Gasteiger charge is 2.51. The molecule has 1 unspecified atom stereocenters. The van der Waals surface area contributed by atoms with Crippen molar-refractivity contribution in [2.45, 2.75) is 30.1 Å². The normalized spacial score (nSPS) is 26.9. The molecule has 0 N–H and O–H groups in total. The first-order valence-corrected chi connectivity index (χ1v) is 8.55. The van der Waals surface area contributed by atoms with E-state index in [1.165, 1.54) is 12.8 Å². The van der Waals surface area contributed by atoms with Crippen LogP contribution in [-0.4, -0.2) is 57.1 Å². The van der Waals surface area contributed by atoms with E-state index in [0.29, 0.717) is 11.9 Å². The quantitative estimate of drug-likeness (QED) is 0.846. The minimum atomic E-state index is -0.0517. The number of rotatable bonds is 4. The topological polar surface area (TPSA) is 55.3 Å². The van der Waals surface area contributed by atoms with Gasteiger partial charge >= 0.3 is 0 Å². The standard InChI is InChI=1S/C15H19N3O2S/c19-14(13-16-4-1-5-17-13)18-9-15(10-18)6-12(8-21-15)20-7-11-2-3-11/h1,4-5,11-12H,2-3,6-10H2. The first-order chi connectivity index (χ1) is 10.2. The molecular weight excluding hydrogens is 286 g/mol. The number of likely N-dealkylation sites (tertiary alicyclic amines) is 1. The Hall–Kier alpha value is -1.14. The maximum absolute atomic E-state index is 12.2. The van der Waals surface area contributed by atoms with Gasteiger partial charge in [0.15, 0.2) is 0 Å². The lowest BCUT2D eigenvalue weighted by molar-refractivity contribution is 0.0281. The SMILES string of the molecule is O=C(c1ncccn1)N1CC2(CC(OCC3CC3)CS2)C1. The lowest BCUT2D eigenvalue weighted by Crippen LogP contribution is -2.61. The first-order valence-electron chi connectivity index (χ1n) is 7.56. The Labute approximate surface area is 128 Å². The summed E-state index contributed by atoms with van der Waals surface area (Å²) >= 11 is 1.97. The van der Waals surface area contributed by atoms with E-state index < -0.39 is 0 Å². The lowest BCUT2D eigenvalue weighted by Gasteiger charge is -2.47. The molecule has 0 radical (unpaired) electrons. The van der Waals surface area contributed by atoms with Crippen LogP contribution in [0.2, 0.25) is 0 Å². The highest BCUT2D eigenvalue weighted by Crippen LogP contribution is 2.46. The van der Waals surface area contributed by atoms with E-state index in [0.717, 1.165) is 37.8 Å². The van der Waals surface area contributed by atoms with Gasteiger partial charge in [-0.25, -0.2) is 9.97 Å². The van der Waals surface area contributed by atoms with Gasteiger partial charge < -0.3 is 9.64 Å². The van der Waals surface area contributed by atoms with E-state index in [4.69, 9.17) is 4.74 Å². The third kappa shape index (κ3) is 2.79. The van der Waals surface area contributed by atoms with Crippen LogP contribution < -0.4 is 0 Å². The maximum Gasteiger partial charge on any atom is 0.291 e. The Morgan fingerprint density at radius 3 is 2.86 bits per heavy atom. The van der Waals surface area contributed by atoms with Crippen molar-refractivity contribution in [3.63, 3.8) is 0 Å². The number of amides is 1. The fourth-order valence-electron chi connectivity index (χ4n) is 3.03. The van der Waals surface area contributed by atoms with Crippen molar-refractivity contribution in [2.75, 3.05) is 25.4 Å². The lowest BCUT2D eigenvalue weighted by atomic mass is 9.93. The smallest absolute Gasteiger partial charge is 0.291 e. The summed E-state index contributed by atoms with van der Waals surface area (Å²) in [5.74, 6) is 2.14. The summed E-state index contributed by atoms with van der Waals surface area (Å²) < 4.78 is 6.21. The highest BCUT2D eigenvalue weighted by atomic mass is 32.2. The Balaban J connectivity index is 1.29. The second-order valence-corrected chi connectivity index (χ2v) is 7.82. The summed E-state index contributed by atoms with van der Waals surface area (Å²) in [6.45, 7) is 2.54. The summed E-state index contributed by atoms with van der Waals surface area (Å²) in [7, 11) is 0. The molecule has 2 aliphatic heterocycles. The fourth-order valence-corrected chi connectivity index (χ4v) is 4.58. The van der Waals surface area contributed by atoms with Crippen LogP contribution in [0.4, 0.5) is 0 Å². The molecule has 3 heterocycles. The molecule has 4 rings (SSSR count). The number of hydrogen-bond acceptors (Lipinski definition) is 5. The largest absolute Gasteiger partial charge is 0.377 e. The molecule has 0 bridgehead atoms. The van der Waals surface area contributed by atoms with E-state index in [1.807, 2.05) is 16.7 Å². The van der Waals surface area contributed by atoms with Crippen molar-refractivity contribution in [2.24, 2.45) is 5.92 Å². The van der Waals surface area contributed by atoms with Crippen molar-refractivity contribution in [3.05, 3.63) is 24.3 Å². The van der Waals surface area contributed by atoms with Crippen molar-refractivity contribution in [3.8, 4) is 0 Å². The van der Waals surface area contributed by atoms with Crippen LogP contribution in [0, 0.1) is 5.92 Å². The monoisotopic (exact) mass is 305 g/mol. The zero-order valence-corrected chi connectivity index (χ0v) is 12.7. The molecule has 3 aliphatic rings. The minimum absolute atomic E-state index is 0.0517. The van der Waals surface area contributed by atoms with Crippen LogP contribution in [0.1, 0.15) is 29.9 Å². The van der Waals surface area contributed by atoms with E-state index in [-0.39, 0.29) is 10.7 Å². The Kier molecular flexibility index (Phi) is 3.38. The molecule has 5 nitrogen and oxygen atoms in total. The number of carbonyl (C=O) groups excluding carboxylic acids is 1.